The number of halogens is 1. The maximum Gasteiger partial charge on any atom is 0.138 e. The molecule has 0 aliphatic heterocycles. The molecule has 0 aromatic heterocycles. The lowest BCUT2D eigenvalue weighted by molar-refractivity contribution is -0.122. The minimum atomic E-state index is 0.00975. The van der Waals surface area contributed by atoms with Gasteiger partial charge in [-0.3, -0.25) is 4.79 Å². The summed E-state index contributed by atoms with van der Waals surface area (Å²) >= 11 is 6.82. The first kappa shape index (κ1) is 16.2. The Morgan fingerprint density at radius 2 is 2.00 bits per heavy atom. The number of hydrogen-bond donors (Lipinski definition) is 0. The van der Waals surface area contributed by atoms with Gasteiger partial charge in [0.25, 0.3) is 0 Å². The van der Waals surface area contributed by atoms with Crippen LogP contribution in [-0.4, -0.2) is 11.2 Å². The lowest BCUT2D eigenvalue weighted by Crippen LogP contribution is -2.53. The van der Waals surface area contributed by atoms with Gasteiger partial charge in [-0.25, -0.2) is 0 Å². The number of alkyl halides is 1. The van der Waals surface area contributed by atoms with E-state index in [9.17, 15) is 4.79 Å². The fourth-order valence-corrected chi connectivity index (χ4v) is 7.74. The van der Waals surface area contributed by atoms with Crippen LogP contribution in [0, 0.1) is 34.5 Å². The molecular formula is C21H31ClO. The van der Waals surface area contributed by atoms with Crippen LogP contribution in [0.1, 0.15) is 72.1 Å². The van der Waals surface area contributed by atoms with Gasteiger partial charge in [0.1, 0.15) is 5.78 Å². The van der Waals surface area contributed by atoms with Crippen LogP contribution in [0.15, 0.2) is 11.6 Å². The largest absolute Gasteiger partial charge is 0.299 e. The number of ketones is 1. The predicted molar refractivity (Wildman–Crippen MR) is 95.5 cm³/mol. The van der Waals surface area contributed by atoms with Crippen molar-refractivity contribution < 1.29 is 4.79 Å². The molecular weight excluding hydrogens is 304 g/mol. The van der Waals surface area contributed by atoms with Crippen LogP contribution in [0.2, 0.25) is 0 Å². The molecule has 4 aliphatic rings. The summed E-state index contributed by atoms with van der Waals surface area (Å²) in [5.41, 5.74) is 2.01. The molecule has 23 heavy (non-hydrogen) atoms. The predicted octanol–water partition coefficient (Wildman–Crippen LogP) is 5.76. The van der Waals surface area contributed by atoms with Crippen LogP contribution in [0.4, 0.5) is 0 Å². The van der Waals surface area contributed by atoms with E-state index in [0.29, 0.717) is 30.0 Å². The first-order valence-corrected chi connectivity index (χ1v) is 10.2. The third kappa shape index (κ3) is 2.08. The Morgan fingerprint density at radius 3 is 2.74 bits per heavy atom. The van der Waals surface area contributed by atoms with E-state index in [-0.39, 0.29) is 10.8 Å². The Kier molecular flexibility index (Phi) is 3.76. The summed E-state index contributed by atoms with van der Waals surface area (Å²) in [5, 5.41) is 0.00975. The molecule has 1 unspecified atom stereocenters. The van der Waals surface area contributed by atoms with Gasteiger partial charge in [-0.15, -0.1) is 11.6 Å². The van der Waals surface area contributed by atoms with Crippen LogP contribution in [-0.2, 0) is 4.79 Å². The summed E-state index contributed by atoms with van der Waals surface area (Å²) in [4.78, 5) is 12.0. The molecule has 0 saturated heterocycles. The van der Waals surface area contributed by atoms with Gasteiger partial charge in [-0.1, -0.05) is 38.8 Å². The van der Waals surface area contributed by atoms with Gasteiger partial charge in [-0.05, 0) is 61.2 Å². The van der Waals surface area contributed by atoms with Gasteiger partial charge in [-0.2, -0.15) is 0 Å². The van der Waals surface area contributed by atoms with Crippen molar-refractivity contribution in [3.8, 4) is 0 Å². The average Bonchev–Trinajstić information content (AvgIpc) is 2.85. The molecule has 128 valence electrons. The van der Waals surface area contributed by atoms with Crippen LogP contribution in [0.3, 0.4) is 0 Å². The average molecular weight is 335 g/mol. The highest BCUT2D eigenvalue weighted by Gasteiger charge is 2.59. The van der Waals surface area contributed by atoms with Crippen LogP contribution in [0.25, 0.3) is 0 Å². The number of hydrogen-bond acceptors (Lipinski definition) is 1. The molecule has 0 aromatic rings. The number of carbonyl (C=O) groups excluding carboxylic acids is 1. The van der Waals surface area contributed by atoms with Crippen molar-refractivity contribution in [2.75, 3.05) is 0 Å². The van der Waals surface area contributed by atoms with E-state index in [4.69, 9.17) is 11.6 Å². The quantitative estimate of drug-likeness (QED) is 0.440. The van der Waals surface area contributed by atoms with Gasteiger partial charge in [0.05, 0.1) is 0 Å². The highest BCUT2D eigenvalue weighted by Crippen LogP contribution is 2.66. The monoisotopic (exact) mass is 334 g/mol. The zero-order valence-corrected chi connectivity index (χ0v) is 15.7. The number of Topliss-reactive ketones (excluding diaryl/α,β-unsaturated/α-hetero) is 1. The highest BCUT2D eigenvalue weighted by atomic mass is 35.5. The Morgan fingerprint density at radius 1 is 1.22 bits per heavy atom. The first-order valence-electron chi connectivity index (χ1n) is 9.76. The summed E-state index contributed by atoms with van der Waals surface area (Å²) in [6.07, 6.45) is 11.8. The molecule has 0 N–H and O–H groups in total. The van der Waals surface area contributed by atoms with Crippen LogP contribution in [0.5, 0.6) is 0 Å². The molecule has 0 amide bonds. The molecule has 2 heteroatoms. The molecule has 0 bridgehead atoms. The molecule has 4 rings (SSSR count). The number of allylic oxidation sites excluding steroid dienone is 2. The topological polar surface area (TPSA) is 17.1 Å². The van der Waals surface area contributed by atoms with Crippen molar-refractivity contribution in [2.45, 2.75) is 77.5 Å². The fourth-order valence-electron chi connectivity index (χ4n) is 7.27. The molecule has 0 radical (unpaired) electrons. The zero-order chi connectivity index (χ0) is 16.4. The second-order valence-electron chi connectivity index (χ2n) is 9.24. The summed E-state index contributed by atoms with van der Waals surface area (Å²) in [7, 11) is 0. The number of carbonyl (C=O) groups is 1. The van der Waals surface area contributed by atoms with Crippen LogP contribution >= 0.6 is 11.6 Å². The lowest BCUT2D eigenvalue weighted by atomic mass is 9.47. The Labute approximate surface area is 146 Å². The standard InChI is InChI=1S/C21H31ClO/c1-4-13-6-8-17-16-7-5-14-11-15(23)12-19(22)21(14,3)18(16)9-10-20(13,17)2/h5,13,16-19H,4,6-12H2,1-3H3/t13-,16-,17-,18-,19?,20+,21-/m0/s1. The van der Waals surface area contributed by atoms with Crippen molar-refractivity contribution in [3.63, 3.8) is 0 Å². The van der Waals surface area contributed by atoms with E-state index < -0.39 is 0 Å². The van der Waals surface area contributed by atoms with Crippen LogP contribution < -0.4 is 0 Å². The molecule has 1 nitrogen and oxygen atoms in total. The van der Waals surface area contributed by atoms with Crippen molar-refractivity contribution in [1.82, 2.24) is 0 Å². The smallest absolute Gasteiger partial charge is 0.138 e. The maximum absolute atomic E-state index is 12.0. The van der Waals surface area contributed by atoms with Gasteiger partial charge < -0.3 is 0 Å². The van der Waals surface area contributed by atoms with E-state index in [1.165, 1.54) is 44.1 Å². The second-order valence-corrected chi connectivity index (χ2v) is 9.77. The van der Waals surface area contributed by atoms with Gasteiger partial charge >= 0.3 is 0 Å². The molecule has 3 saturated carbocycles. The molecule has 0 aromatic carbocycles. The van der Waals surface area contributed by atoms with E-state index in [1.54, 1.807) is 0 Å². The molecule has 7 atom stereocenters. The van der Waals surface area contributed by atoms with E-state index in [1.807, 2.05) is 0 Å². The maximum atomic E-state index is 12.0. The normalized spacial score (nSPS) is 52.4. The van der Waals surface area contributed by atoms with E-state index in [0.717, 1.165) is 17.8 Å². The summed E-state index contributed by atoms with van der Waals surface area (Å²) in [6, 6.07) is 0. The highest BCUT2D eigenvalue weighted by molar-refractivity contribution is 6.23. The van der Waals surface area contributed by atoms with Crippen molar-refractivity contribution in [3.05, 3.63) is 11.6 Å². The second kappa shape index (κ2) is 5.35. The van der Waals surface area contributed by atoms with Crippen molar-refractivity contribution in [2.24, 2.45) is 34.5 Å². The lowest BCUT2D eigenvalue weighted by Gasteiger charge is -2.58. The van der Waals surface area contributed by atoms with Crippen molar-refractivity contribution >= 4 is 17.4 Å². The van der Waals surface area contributed by atoms with E-state index in [2.05, 4.69) is 26.8 Å². The Balaban J connectivity index is 1.70. The summed E-state index contributed by atoms with van der Waals surface area (Å²) < 4.78 is 0. The zero-order valence-electron chi connectivity index (χ0n) is 14.9. The first-order chi connectivity index (χ1) is 10.9. The van der Waals surface area contributed by atoms with Gasteiger partial charge in [0, 0.05) is 23.6 Å². The summed E-state index contributed by atoms with van der Waals surface area (Å²) in [5.74, 6) is 3.65. The minimum absolute atomic E-state index is 0.00975. The van der Waals surface area contributed by atoms with Gasteiger partial charge in [0.15, 0.2) is 0 Å². The number of fused-ring (bicyclic) bond motifs is 5. The fraction of sp³-hybridized carbons (Fsp3) is 0.857. The molecule has 4 aliphatic carbocycles. The van der Waals surface area contributed by atoms with Crippen molar-refractivity contribution in [1.29, 1.82) is 0 Å². The third-order valence-electron chi connectivity index (χ3n) is 8.67. The van der Waals surface area contributed by atoms with E-state index >= 15 is 0 Å². The minimum Gasteiger partial charge on any atom is -0.299 e. The molecule has 3 fully saturated rings. The number of rotatable bonds is 1. The Bertz CT molecular complexity index is 552. The molecule has 0 heterocycles. The summed E-state index contributed by atoms with van der Waals surface area (Å²) in [6.45, 7) is 7.35. The Hall–Kier alpha value is -0.300. The van der Waals surface area contributed by atoms with Gasteiger partial charge in [0.2, 0.25) is 0 Å². The third-order valence-corrected chi connectivity index (χ3v) is 9.28. The SMILES string of the molecule is CC[C@H]1CC[C@H]2[C@@H]3CC=C4CC(=O)CC(Cl)[C@]4(C)[C@H]3CC[C@]12C. The molecule has 0 spiro atoms.